The minimum absolute atomic E-state index is 0.0939. The van der Waals surface area contributed by atoms with E-state index in [-0.39, 0.29) is 6.54 Å². The summed E-state index contributed by atoms with van der Waals surface area (Å²) in [6.45, 7) is 3.54. The monoisotopic (exact) mass is 223 g/mol. The van der Waals surface area contributed by atoms with Crippen LogP contribution in [0.2, 0.25) is 0 Å². The van der Waals surface area contributed by atoms with E-state index in [9.17, 15) is 4.79 Å². The van der Waals surface area contributed by atoms with Gasteiger partial charge in [0.1, 0.15) is 5.76 Å². The van der Waals surface area contributed by atoms with E-state index in [0.717, 1.165) is 17.9 Å². The average molecular weight is 223 g/mol. The zero-order valence-corrected chi connectivity index (χ0v) is 9.48. The first kappa shape index (κ1) is 11.2. The number of hydrogen-bond acceptors (Lipinski definition) is 3. The summed E-state index contributed by atoms with van der Waals surface area (Å²) in [4.78, 5) is 12.7. The number of nitrogens with zero attached hydrogens (tertiary/aromatic N) is 1. The molecule has 0 spiro atoms. The van der Waals surface area contributed by atoms with E-state index < -0.39 is 5.97 Å². The number of carboxylic acids is 1. The zero-order valence-electron chi connectivity index (χ0n) is 9.48. The van der Waals surface area contributed by atoms with E-state index in [2.05, 4.69) is 0 Å². The Hall–Kier alpha value is -1.29. The summed E-state index contributed by atoms with van der Waals surface area (Å²) < 4.78 is 5.34. The van der Waals surface area contributed by atoms with Gasteiger partial charge in [-0.05, 0) is 37.3 Å². The van der Waals surface area contributed by atoms with Crippen molar-refractivity contribution in [1.82, 2.24) is 4.90 Å². The highest BCUT2D eigenvalue weighted by Gasteiger charge is 2.25. The van der Waals surface area contributed by atoms with Crippen molar-refractivity contribution < 1.29 is 14.3 Å². The van der Waals surface area contributed by atoms with Gasteiger partial charge in [0.05, 0.1) is 19.4 Å². The summed E-state index contributed by atoms with van der Waals surface area (Å²) in [7, 11) is 0. The van der Waals surface area contributed by atoms with Crippen LogP contribution in [0.3, 0.4) is 0 Å². The summed E-state index contributed by atoms with van der Waals surface area (Å²) in [6, 6.07) is 1.91. The molecule has 4 heteroatoms. The third kappa shape index (κ3) is 3.10. The zero-order chi connectivity index (χ0) is 11.5. The van der Waals surface area contributed by atoms with Gasteiger partial charge >= 0.3 is 5.97 Å². The molecule has 1 saturated carbocycles. The molecule has 0 radical (unpaired) electrons. The summed E-state index contributed by atoms with van der Waals surface area (Å²) in [5.41, 5.74) is 1.09. The van der Waals surface area contributed by atoms with Crippen LogP contribution >= 0.6 is 0 Å². The Morgan fingerprint density at radius 1 is 1.62 bits per heavy atom. The molecule has 16 heavy (non-hydrogen) atoms. The number of furan rings is 1. The Morgan fingerprint density at radius 2 is 2.38 bits per heavy atom. The molecule has 0 aliphatic heterocycles. The highest BCUT2D eigenvalue weighted by molar-refractivity contribution is 5.69. The van der Waals surface area contributed by atoms with E-state index >= 15 is 0 Å². The number of carboxylic acid groups (broad SMARTS) is 1. The van der Waals surface area contributed by atoms with E-state index in [1.807, 2.05) is 17.9 Å². The smallest absolute Gasteiger partial charge is 0.317 e. The first-order valence-electron chi connectivity index (χ1n) is 5.62. The van der Waals surface area contributed by atoms with Crippen LogP contribution in [0.5, 0.6) is 0 Å². The molecule has 1 aromatic rings. The lowest BCUT2D eigenvalue weighted by atomic mass is 10.2. The lowest BCUT2D eigenvalue weighted by Crippen LogP contribution is -2.31. The SMILES string of the molecule is Cc1ccoc1CN(CC(=O)O)CC1CC1. The number of aliphatic carboxylic acids is 1. The van der Waals surface area contributed by atoms with Gasteiger partial charge in [0.15, 0.2) is 0 Å². The largest absolute Gasteiger partial charge is 0.480 e. The second kappa shape index (κ2) is 4.70. The van der Waals surface area contributed by atoms with Crippen LogP contribution in [0.1, 0.15) is 24.2 Å². The first-order valence-corrected chi connectivity index (χ1v) is 5.62. The summed E-state index contributed by atoms with van der Waals surface area (Å²) >= 11 is 0. The molecular formula is C12H17NO3. The topological polar surface area (TPSA) is 53.7 Å². The van der Waals surface area contributed by atoms with E-state index in [4.69, 9.17) is 9.52 Å². The predicted molar refractivity (Wildman–Crippen MR) is 59.1 cm³/mol. The first-order chi connectivity index (χ1) is 7.65. The molecule has 0 aromatic carbocycles. The Morgan fingerprint density at radius 3 is 2.88 bits per heavy atom. The number of hydrogen-bond donors (Lipinski definition) is 1. The minimum atomic E-state index is -0.773. The molecule has 1 aromatic heterocycles. The number of aryl methyl sites for hydroxylation is 1. The Kier molecular flexibility index (Phi) is 3.29. The molecule has 0 amide bonds. The summed E-state index contributed by atoms with van der Waals surface area (Å²) in [5.74, 6) is 0.793. The van der Waals surface area contributed by atoms with Crippen LogP contribution in [0.25, 0.3) is 0 Å². The maximum atomic E-state index is 10.8. The molecule has 0 bridgehead atoms. The summed E-state index contributed by atoms with van der Waals surface area (Å²) in [6.07, 6.45) is 4.11. The predicted octanol–water partition coefficient (Wildman–Crippen LogP) is 1.88. The van der Waals surface area contributed by atoms with E-state index in [1.54, 1.807) is 6.26 Å². The second-order valence-electron chi connectivity index (χ2n) is 4.53. The molecule has 2 rings (SSSR count). The molecule has 0 atom stereocenters. The van der Waals surface area contributed by atoms with Gasteiger partial charge in [-0.2, -0.15) is 0 Å². The second-order valence-corrected chi connectivity index (χ2v) is 4.53. The fourth-order valence-electron chi connectivity index (χ4n) is 1.81. The van der Waals surface area contributed by atoms with Gasteiger partial charge in [-0.1, -0.05) is 0 Å². The highest BCUT2D eigenvalue weighted by Crippen LogP contribution is 2.30. The molecule has 4 nitrogen and oxygen atoms in total. The van der Waals surface area contributed by atoms with Gasteiger partial charge in [-0.15, -0.1) is 0 Å². The molecule has 1 N–H and O–H groups in total. The maximum Gasteiger partial charge on any atom is 0.317 e. The van der Waals surface area contributed by atoms with Gasteiger partial charge in [-0.25, -0.2) is 0 Å². The maximum absolute atomic E-state index is 10.8. The van der Waals surface area contributed by atoms with Gasteiger partial charge < -0.3 is 9.52 Å². The van der Waals surface area contributed by atoms with Crippen LogP contribution < -0.4 is 0 Å². The van der Waals surface area contributed by atoms with E-state index in [0.29, 0.717) is 12.5 Å². The van der Waals surface area contributed by atoms with Gasteiger partial charge in [-0.3, -0.25) is 9.69 Å². The van der Waals surface area contributed by atoms with Gasteiger partial charge in [0, 0.05) is 6.54 Å². The Balaban J connectivity index is 1.94. The van der Waals surface area contributed by atoms with Crippen molar-refractivity contribution in [2.75, 3.05) is 13.1 Å². The molecule has 1 aliphatic carbocycles. The molecule has 0 unspecified atom stereocenters. The van der Waals surface area contributed by atoms with Crippen molar-refractivity contribution in [1.29, 1.82) is 0 Å². The van der Waals surface area contributed by atoms with E-state index in [1.165, 1.54) is 12.8 Å². The lowest BCUT2D eigenvalue weighted by Gasteiger charge is -2.18. The third-order valence-corrected chi connectivity index (χ3v) is 2.91. The summed E-state index contributed by atoms with van der Waals surface area (Å²) in [5, 5.41) is 8.84. The normalized spacial score (nSPS) is 15.6. The van der Waals surface area contributed by atoms with Crippen molar-refractivity contribution in [2.45, 2.75) is 26.3 Å². The van der Waals surface area contributed by atoms with Crippen LogP contribution in [0.15, 0.2) is 16.7 Å². The lowest BCUT2D eigenvalue weighted by molar-refractivity contribution is -0.138. The van der Waals surface area contributed by atoms with Crippen molar-refractivity contribution in [3.8, 4) is 0 Å². The standard InChI is InChI=1S/C12H17NO3/c1-9-4-5-16-11(9)7-13(8-12(14)15)6-10-2-3-10/h4-5,10H,2-3,6-8H2,1H3,(H,14,15). The van der Waals surface area contributed by atoms with Crippen molar-refractivity contribution in [2.24, 2.45) is 5.92 Å². The van der Waals surface area contributed by atoms with Crippen LogP contribution in [0.4, 0.5) is 0 Å². The van der Waals surface area contributed by atoms with Gasteiger partial charge in [0.25, 0.3) is 0 Å². The van der Waals surface area contributed by atoms with Gasteiger partial charge in [0.2, 0.25) is 0 Å². The Bertz CT molecular complexity index is 368. The molecule has 0 saturated heterocycles. The molecular weight excluding hydrogens is 206 g/mol. The minimum Gasteiger partial charge on any atom is -0.480 e. The van der Waals surface area contributed by atoms with Crippen molar-refractivity contribution in [3.05, 3.63) is 23.7 Å². The van der Waals surface area contributed by atoms with Crippen molar-refractivity contribution >= 4 is 5.97 Å². The Labute approximate surface area is 94.9 Å². The average Bonchev–Trinajstić information content (AvgIpc) is 2.91. The molecule has 1 aliphatic rings. The molecule has 88 valence electrons. The molecule has 1 fully saturated rings. The van der Waals surface area contributed by atoms with Crippen LogP contribution in [0, 0.1) is 12.8 Å². The number of carbonyl (C=O) groups is 1. The number of rotatable bonds is 6. The quantitative estimate of drug-likeness (QED) is 0.800. The molecule has 1 heterocycles. The van der Waals surface area contributed by atoms with Crippen LogP contribution in [-0.2, 0) is 11.3 Å². The highest BCUT2D eigenvalue weighted by atomic mass is 16.4. The van der Waals surface area contributed by atoms with Crippen molar-refractivity contribution in [3.63, 3.8) is 0 Å². The third-order valence-electron chi connectivity index (χ3n) is 2.91. The van der Waals surface area contributed by atoms with Crippen LogP contribution in [-0.4, -0.2) is 29.1 Å². The fraction of sp³-hybridized carbons (Fsp3) is 0.583. The fourth-order valence-corrected chi connectivity index (χ4v) is 1.81.